The van der Waals surface area contributed by atoms with E-state index in [2.05, 4.69) is 78.5 Å². The fraction of sp³-hybridized carbons (Fsp3) is 0.222. The summed E-state index contributed by atoms with van der Waals surface area (Å²) in [4.78, 5) is 18.2. The zero-order chi connectivity index (χ0) is 21.9. The summed E-state index contributed by atoms with van der Waals surface area (Å²) in [5, 5.41) is 7.73. The molecule has 2 aliphatic heterocycles. The van der Waals surface area contributed by atoms with Crippen LogP contribution in [0.4, 0.5) is 11.4 Å². The van der Waals surface area contributed by atoms with E-state index in [1.807, 2.05) is 24.4 Å². The van der Waals surface area contributed by atoms with E-state index in [1.165, 1.54) is 16.3 Å². The van der Waals surface area contributed by atoms with Crippen LogP contribution < -0.4 is 9.64 Å². The number of fused-ring (bicyclic) bond motifs is 6. The molecule has 4 aromatic rings. The van der Waals surface area contributed by atoms with Gasteiger partial charge >= 0.3 is 0 Å². The van der Waals surface area contributed by atoms with Crippen LogP contribution in [0.2, 0.25) is 0 Å². The van der Waals surface area contributed by atoms with Crippen molar-refractivity contribution in [1.82, 2.24) is 0 Å². The maximum atomic E-state index is 11.1. The maximum Gasteiger partial charge on any atom is 0.229 e. The molecule has 1 unspecified atom stereocenters. The van der Waals surface area contributed by atoms with Gasteiger partial charge in [-0.2, -0.15) is 4.91 Å². The molecule has 0 amide bonds. The molecule has 4 aromatic carbocycles. The second kappa shape index (κ2) is 6.63. The minimum atomic E-state index is -0.862. The summed E-state index contributed by atoms with van der Waals surface area (Å²) < 4.78 is 6.88. The van der Waals surface area contributed by atoms with Crippen LogP contribution in [0.25, 0.3) is 21.5 Å². The van der Waals surface area contributed by atoms with E-state index in [0.717, 1.165) is 27.9 Å². The molecule has 5 heteroatoms. The summed E-state index contributed by atoms with van der Waals surface area (Å²) in [6.07, 6.45) is 1.93. The number of rotatable bonds is 3. The third-order valence-corrected chi connectivity index (χ3v) is 7.03. The van der Waals surface area contributed by atoms with E-state index in [-0.39, 0.29) is 6.54 Å². The number of aliphatic imine (C=N–C) groups is 1. The predicted molar refractivity (Wildman–Crippen MR) is 130 cm³/mol. The minimum absolute atomic E-state index is 0.172. The lowest BCUT2D eigenvalue weighted by atomic mass is 9.75. The number of nitrogens with zero attached hydrogens (tertiary/aromatic N) is 3. The smallest absolute Gasteiger partial charge is 0.229 e. The van der Waals surface area contributed by atoms with Crippen molar-refractivity contribution < 1.29 is 4.74 Å². The fourth-order valence-electron chi connectivity index (χ4n) is 5.48. The predicted octanol–water partition coefficient (Wildman–Crippen LogP) is 6.35. The standard InChI is InChI=1S/C27H23N3O2/c1-26(2)24-20-9-5-3-7-18(20)11-13-22(24)30(16-15-29-31)27(26)17-28-25-21-10-6-4-8-19(21)12-14-23(25)32-27/h3-14,17H,15-16H2,1-2H3. The van der Waals surface area contributed by atoms with Crippen LogP contribution in [0.3, 0.4) is 0 Å². The first-order valence-corrected chi connectivity index (χ1v) is 10.9. The Kier molecular flexibility index (Phi) is 3.94. The molecule has 6 rings (SSSR count). The van der Waals surface area contributed by atoms with Gasteiger partial charge in [-0.1, -0.05) is 65.8 Å². The molecule has 158 valence electrons. The van der Waals surface area contributed by atoms with Crippen LogP contribution in [0.1, 0.15) is 19.4 Å². The Morgan fingerprint density at radius 1 is 0.906 bits per heavy atom. The number of ether oxygens (including phenoxy) is 1. The molecule has 5 nitrogen and oxygen atoms in total. The van der Waals surface area contributed by atoms with Crippen LogP contribution in [-0.2, 0) is 5.41 Å². The summed E-state index contributed by atoms with van der Waals surface area (Å²) in [5.41, 5.74) is 1.82. The van der Waals surface area contributed by atoms with Gasteiger partial charge < -0.3 is 9.64 Å². The SMILES string of the molecule is CC1(C)c2c(ccc3ccccc23)N(CCN=O)C12C=Nc1c(ccc3ccccc13)O2. The zero-order valence-corrected chi connectivity index (χ0v) is 18.1. The Labute approximate surface area is 186 Å². The van der Waals surface area contributed by atoms with Crippen molar-refractivity contribution in [1.29, 1.82) is 0 Å². The second-order valence-corrected chi connectivity index (χ2v) is 9.00. The highest BCUT2D eigenvalue weighted by Crippen LogP contribution is 2.56. The lowest BCUT2D eigenvalue weighted by Crippen LogP contribution is -2.62. The third-order valence-electron chi connectivity index (χ3n) is 7.03. The summed E-state index contributed by atoms with van der Waals surface area (Å²) in [6.45, 7) is 5.02. The van der Waals surface area contributed by atoms with Gasteiger partial charge in [0.25, 0.3) is 0 Å². The molecule has 0 radical (unpaired) electrons. The van der Waals surface area contributed by atoms with Crippen molar-refractivity contribution in [2.24, 2.45) is 10.2 Å². The molecule has 32 heavy (non-hydrogen) atoms. The molecule has 0 fully saturated rings. The van der Waals surface area contributed by atoms with Crippen molar-refractivity contribution in [3.8, 4) is 5.75 Å². The molecule has 1 atom stereocenters. The van der Waals surface area contributed by atoms with Gasteiger partial charge in [-0.25, -0.2) is 0 Å². The molecular weight excluding hydrogens is 398 g/mol. The number of hydrogen-bond acceptors (Lipinski definition) is 5. The largest absolute Gasteiger partial charge is 0.459 e. The molecule has 2 aliphatic rings. The molecule has 0 bridgehead atoms. The molecular formula is C27H23N3O2. The van der Waals surface area contributed by atoms with Crippen LogP contribution in [0.15, 0.2) is 83.0 Å². The number of hydrogen-bond donors (Lipinski definition) is 0. The number of anilines is 1. The van der Waals surface area contributed by atoms with Crippen molar-refractivity contribution in [3.63, 3.8) is 0 Å². The molecule has 0 N–H and O–H groups in total. The maximum absolute atomic E-state index is 11.1. The summed E-state index contributed by atoms with van der Waals surface area (Å²) >= 11 is 0. The van der Waals surface area contributed by atoms with Crippen molar-refractivity contribution >= 4 is 39.1 Å². The fourth-order valence-corrected chi connectivity index (χ4v) is 5.48. The highest BCUT2D eigenvalue weighted by Gasteiger charge is 2.60. The van der Waals surface area contributed by atoms with E-state index in [9.17, 15) is 4.91 Å². The third kappa shape index (κ3) is 2.36. The first kappa shape index (κ1) is 19.0. The molecule has 0 saturated carbocycles. The molecule has 0 saturated heterocycles. The van der Waals surface area contributed by atoms with E-state index in [0.29, 0.717) is 6.54 Å². The van der Waals surface area contributed by atoms with Crippen LogP contribution >= 0.6 is 0 Å². The number of benzene rings is 4. The van der Waals surface area contributed by atoms with Gasteiger partial charge in [-0.15, -0.1) is 0 Å². The summed E-state index contributed by atoms with van der Waals surface area (Å²) in [5.74, 6) is 0.750. The molecule has 0 aliphatic carbocycles. The highest BCUT2D eigenvalue weighted by atomic mass is 16.5. The normalized spacial score (nSPS) is 20.4. The first-order chi connectivity index (χ1) is 15.6. The highest BCUT2D eigenvalue weighted by molar-refractivity contribution is 6.02. The Bertz CT molecular complexity index is 1430. The average Bonchev–Trinajstić information content (AvgIpc) is 3.00. The van der Waals surface area contributed by atoms with Crippen LogP contribution in [0, 0.1) is 4.91 Å². The van der Waals surface area contributed by atoms with Gasteiger partial charge in [0.15, 0.2) is 0 Å². The van der Waals surface area contributed by atoms with Crippen LogP contribution in [-0.4, -0.2) is 25.0 Å². The van der Waals surface area contributed by atoms with Gasteiger partial charge in [-0.3, -0.25) is 4.99 Å². The van der Waals surface area contributed by atoms with E-state index >= 15 is 0 Å². The minimum Gasteiger partial charge on any atom is -0.459 e. The summed E-state index contributed by atoms with van der Waals surface area (Å²) in [7, 11) is 0. The average molecular weight is 422 g/mol. The second-order valence-electron chi connectivity index (χ2n) is 9.00. The lowest BCUT2D eigenvalue weighted by Gasteiger charge is -2.46. The monoisotopic (exact) mass is 421 g/mol. The first-order valence-electron chi connectivity index (χ1n) is 10.9. The van der Waals surface area contributed by atoms with E-state index in [1.54, 1.807) is 0 Å². The van der Waals surface area contributed by atoms with Crippen molar-refractivity contribution in [2.75, 3.05) is 18.0 Å². The van der Waals surface area contributed by atoms with E-state index in [4.69, 9.17) is 9.73 Å². The van der Waals surface area contributed by atoms with Gasteiger partial charge in [-0.05, 0) is 47.7 Å². The lowest BCUT2D eigenvalue weighted by molar-refractivity contribution is 0.0788. The Morgan fingerprint density at radius 2 is 1.59 bits per heavy atom. The van der Waals surface area contributed by atoms with Gasteiger partial charge in [0, 0.05) is 17.6 Å². The van der Waals surface area contributed by atoms with Crippen molar-refractivity contribution in [3.05, 3.63) is 83.3 Å². The quantitative estimate of drug-likeness (QED) is 0.362. The number of nitroso groups, excluding NO2 is 1. The molecule has 1 spiro atoms. The topological polar surface area (TPSA) is 54.3 Å². The van der Waals surface area contributed by atoms with Gasteiger partial charge in [0.1, 0.15) is 11.4 Å². The van der Waals surface area contributed by atoms with Crippen LogP contribution in [0.5, 0.6) is 5.75 Å². The Morgan fingerprint density at radius 3 is 2.38 bits per heavy atom. The molecule has 2 heterocycles. The molecule has 0 aromatic heterocycles. The Balaban J connectivity index is 1.60. The van der Waals surface area contributed by atoms with Gasteiger partial charge in [0.05, 0.1) is 18.2 Å². The summed E-state index contributed by atoms with van der Waals surface area (Å²) in [6, 6.07) is 25.0. The Hall–Kier alpha value is -3.73. The van der Waals surface area contributed by atoms with Gasteiger partial charge in [0.2, 0.25) is 5.72 Å². The van der Waals surface area contributed by atoms with Crippen molar-refractivity contribution in [2.45, 2.75) is 25.0 Å². The van der Waals surface area contributed by atoms with E-state index < -0.39 is 11.1 Å². The zero-order valence-electron chi connectivity index (χ0n) is 18.1.